The quantitative estimate of drug-likeness (QED) is 0.654. The summed E-state index contributed by atoms with van der Waals surface area (Å²) in [5, 5.41) is 2.61. The Hall–Kier alpha value is -1.46. The lowest BCUT2D eigenvalue weighted by Crippen LogP contribution is -2.56. The molecule has 2 rings (SSSR count). The van der Waals surface area contributed by atoms with Gasteiger partial charge in [0.25, 0.3) is 0 Å². The highest BCUT2D eigenvalue weighted by Crippen LogP contribution is 2.27. The van der Waals surface area contributed by atoms with Crippen molar-refractivity contribution < 1.29 is 17.5 Å². The number of anilines is 1. The summed E-state index contributed by atoms with van der Waals surface area (Å²) in [7, 11) is 0. The Morgan fingerprint density at radius 1 is 1.33 bits per heavy atom. The van der Waals surface area contributed by atoms with Gasteiger partial charge in [-0.25, -0.2) is 4.39 Å². The highest BCUT2D eigenvalue weighted by atomic mass is 19.2. The smallest absolute Gasteiger partial charge is 0.430 e. The molecule has 0 unspecified atom stereocenters. The molecule has 1 aliphatic rings. The molecule has 2 nitrogen and oxygen atoms in total. The highest BCUT2D eigenvalue weighted by Gasteiger charge is 2.48. The third-order valence-corrected chi connectivity index (χ3v) is 2.44. The standard InChI is InChI=1S/C9H10BF3N2/c1-6(2)9-10(12,13)15-5-7(11)3-4-8(15)14-9/h3-5,14H,1-2H3. The summed E-state index contributed by atoms with van der Waals surface area (Å²) >= 11 is 0. The molecular formula is C9H10BF3N2. The minimum atomic E-state index is -3.89. The van der Waals surface area contributed by atoms with Gasteiger partial charge in [-0.05, 0) is 19.9 Å². The Morgan fingerprint density at radius 3 is 2.60 bits per heavy atom. The Labute approximate surface area is 85.5 Å². The average molecular weight is 214 g/mol. The summed E-state index contributed by atoms with van der Waals surface area (Å²) in [5.41, 5.74) is 0.379. The Morgan fingerprint density at radius 2 is 2.00 bits per heavy atom. The van der Waals surface area contributed by atoms with Crippen LogP contribution in [0, 0.1) is 5.82 Å². The molecule has 1 aliphatic heterocycles. The van der Waals surface area contributed by atoms with Gasteiger partial charge in [-0.15, -0.1) is 0 Å². The summed E-state index contributed by atoms with van der Waals surface area (Å²) in [6.45, 7) is -0.696. The number of halogens is 3. The van der Waals surface area contributed by atoms with Crippen molar-refractivity contribution in [1.29, 1.82) is 0 Å². The molecule has 0 radical (unpaired) electrons. The molecule has 0 aliphatic carbocycles. The molecule has 0 aromatic carbocycles. The number of allylic oxidation sites excluding steroid dienone is 1. The predicted molar refractivity (Wildman–Crippen MR) is 52.0 cm³/mol. The van der Waals surface area contributed by atoms with E-state index in [-0.39, 0.29) is 11.4 Å². The summed E-state index contributed by atoms with van der Waals surface area (Å²) in [6.07, 6.45) is 0.818. The van der Waals surface area contributed by atoms with E-state index in [1.54, 1.807) is 13.8 Å². The van der Waals surface area contributed by atoms with E-state index in [4.69, 9.17) is 0 Å². The van der Waals surface area contributed by atoms with E-state index in [0.717, 1.165) is 12.3 Å². The van der Waals surface area contributed by atoms with Crippen molar-refractivity contribution in [2.45, 2.75) is 13.8 Å². The van der Waals surface area contributed by atoms with Crippen LogP contribution in [0.25, 0.3) is 0 Å². The van der Waals surface area contributed by atoms with E-state index >= 15 is 0 Å². The maximum Gasteiger partial charge on any atom is 0.586 e. The summed E-state index contributed by atoms with van der Waals surface area (Å²) < 4.78 is 41.1. The lowest BCUT2D eigenvalue weighted by Gasteiger charge is -2.14. The van der Waals surface area contributed by atoms with Gasteiger partial charge in [0.1, 0.15) is 0 Å². The average Bonchev–Trinajstić information content (AvgIpc) is 2.39. The zero-order valence-corrected chi connectivity index (χ0v) is 8.39. The van der Waals surface area contributed by atoms with Gasteiger partial charge >= 0.3 is 6.84 Å². The molecule has 0 spiro atoms. The van der Waals surface area contributed by atoms with Crippen molar-refractivity contribution in [3.8, 4) is 0 Å². The lowest BCUT2D eigenvalue weighted by molar-refractivity contribution is -0.545. The summed E-state index contributed by atoms with van der Waals surface area (Å²) in [6, 6.07) is 2.46. The van der Waals surface area contributed by atoms with Gasteiger partial charge in [0.2, 0.25) is 5.82 Å². The van der Waals surface area contributed by atoms with E-state index in [1.165, 1.54) is 6.07 Å². The van der Waals surface area contributed by atoms with Crippen LogP contribution in [0.15, 0.2) is 29.5 Å². The molecule has 2 heterocycles. The van der Waals surface area contributed by atoms with Gasteiger partial charge in [0, 0.05) is 6.07 Å². The second-order valence-electron chi connectivity index (χ2n) is 3.80. The molecule has 0 fully saturated rings. The molecule has 0 bridgehead atoms. The topological polar surface area (TPSA) is 15.9 Å². The van der Waals surface area contributed by atoms with E-state index in [0.29, 0.717) is 10.1 Å². The Bertz CT molecular complexity index is 453. The van der Waals surface area contributed by atoms with E-state index in [2.05, 4.69) is 5.32 Å². The fourth-order valence-electron chi connectivity index (χ4n) is 1.70. The van der Waals surface area contributed by atoms with Gasteiger partial charge in [0.15, 0.2) is 5.82 Å². The van der Waals surface area contributed by atoms with Crippen LogP contribution in [0.1, 0.15) is 13.8 Å². The van der Waals surface area contributed by atoms with E-state index < -0.39 is 12.7 Å². The third-order valence-electron chi connectivity index (χ3n) is 2.44. The van der Waals surface area contributed by atoms with Gasteiger partial charge in [0.05, 0.1) is 11.8 Å². The normalized spacial score (nSPS) is 17.3. The number of hydrogen-bond acceptors (Lipinski definition) is 1. The lowest BCUT2D eigenvalue weighted by atomic mass is 9.74. The summed E-state index contributed by atoms with van der Waals surface area (Å²) in [5.74, 6) is -0.449. The first-order chi connectivity index (χ1) is 6.93. The molecule has 15 heavy (non-hydrogen) atoms. The number of nitrogens with one attached hydrogen (secondary N) is 1. The fraction of sp³-hybridized carbons (Fsp3) is 0.222. The van der Waals surface area contributed by atoms with E-state index in [9.17, 15) is 13.0 Å². The third kappa shape index (κ3) is 1.40. The number of hydrogen-bond donors (Lipinski definition) is 1. The molecular weight excluding hydrogens is 204 g/mol. The summed E-state index contributed by atoms with van der Waals surface area (Å²) in [4.78, 5) is 0. The minimum Gasteiger partial charge on any atom is -0.430 e. The maximum atomic E-state index is 13.8. The number of pyridine rings is 1. The van der Waals surface area contributed by atoms with Gasteiger partial charge in [-0.1, -0.05) is 5.57 Å². The first-order valence-corrected chi connectivity index (χ1v) is 4.60. The molecule has 1 N–H and O–H groups in total. The second-order valence-corrected chi connectivity index (χ2v) is 3.80. The van der Waals surface area contributed by atoms with Crippen LogP contribution in [-0.4, -0.2) is 6.84 Å². The van der Waals surface area contributed by atoms with Gasteiger partial charge in [-0.2, -0.15) is 0 Å². The van der Waals surface area contributed by atoms with Crippen molar-refractivity contribution in [1.82, 2.24) is 0 Å². The number of nitrogens with zero attached hydrogens (tertiary/aromatic N) is 1. The first kappa shape index (κ1) is 10.1. The zero-order chi connectivity index (χ0) is 11.2. The van der Waals surface area contributed by atoms with Crippen LogP contribution in [-0.2, 0) is 0 Å². The second kappa shape index (κ2) is 3.02. The van der Waals surface area contributed by atoms with Gasteiger partial charge < -0.3 is 13.1 Å². The number of aromatic nitrogens is 1. The molecule has 0 saturated carbocycles. The van der Waals surface area contributed by atoms with Crippen LogP contribution in [0.3, 0.4) is 0 Å². The molecule has 0 saturated heterocycles. The van der Waals surface area contributed by atoms with Crippen molar-refractivity contribution in [2.24, 2.45) is 0 Å². The van der Waals surface area contributed by atoms with Crippen molar-refractivity contribution in [3.63, 3.8) is 0 Å². The highest BCUT2D eigenvalue weighted by molar-refractivity contribution is 6.67. The molecule has 1 aromatic heterocycles. The molecule has 0 amide bonds. The van der Waals surface area contributed by atoms with Crippen LogP contribution in [0.2, 0.25) is 0 Å². The molecule has 80 valence electrons. The molecule has 0 atom stereocenters. The van der Waals surface area contributed by atoms with Crippen LogP contribution in [0.5, 0.6) is 0 Å². The SMILES string of the molecule is CC(C)=C1Nc2ccc(F)c[n+]2[B-]1(F)F. The predicted octanol–water partition coefficient (Wildman–Crippen LogP) is 2.10. The largest absolute Gasteiger partial charge is 0.586 e. The fourth-order valence-corrected chi connectivity index (χ4v) is 1.70. The Kier molecular flexibility index (Phi) is 2.03. The molecule has 6 heteroatoms. The first-order valence-electron chi connectivity index (χ1n) is 4.60. The van der Waals surface area contributed by atoms with Crippen molar-refractivity contribution in [3.05, 3.63) is 35.3 Å². The van der Waals surface area contributed by atoms with E-state index in [1.807, 2.05) is 0 Å². The minimum absolute atomic E-state index is 0.124. The van der Waals surface area contributed by atoms with Gasteiger partial charge in [-0.3, -0.25) is 5.32 Å². The van der Waals surface area contributed by atoms with Crippen LogP contribution in [0.4, 0.5) is 18.8 Å². The Balaban J connectivity index is 2.63. The number of rotatable bonds is 0. The maximum absolute atomic E-state index is 13.8. The zero-order valence-electron chi connectivity index (χ0n) is 8.39. The monoisotopic (exact) mass is 214 g/mol. The van der Waals surface area contributed by atoms with Crippen LogP contribution < -0.4 is 9.79 Å². The van der Waals surface area contributed by atoms with Crippen molar-refractivity contribution in [2.75, 3.05) is 5.32 Å². The van der Waals surface area contributed by atoms with Crippen molar-refractivity contribution >= 4 is 12.7 Å². The number of fused-ring (bicyclic) bond motifs is 1. The molecule has 1 aromatic rings. The van der Waals surface area contributed by atoms with Crippen LogP contribution >= 0.6 is 0 Å².